The summed E-state index contributed by atoms with van der Waals surface area (Å²) in [7, 11) is 1.46. The Labute approximate surface area is 735 Å². The predicted molar refractivity (Wildman–Crippen MR) is 444 cm³/mol. The van der Waals surface area contributed by atoms with Gasteiger partial charge in [0.2, 0.25) is 59.3 Å². The van der Waals surface area contributed by atoms with Crippen molar-refractivity contribution < 1.29 is 142 Å². The number of aliphatic hydroxyl groups is 8. The molecule has 3 saturated heterocycles. The van der Waals surface area contributed by atoms with Crippen molar-refractivity contribution in [2.75, 3.05) is 20.2 Å². The summed E-state index contributed by atoms with van der Waals surface area (Å²) in [6.07, 6.45) is -27.7. The van der Waals surface area contributed by atoms with E-state index in [0.29, 0.717) is 17.2 Å². The van der Waals surface area contributed by atoms with E-state index in [-0.39, 0.29) is 50.4 Å². The van der Waals surface area contributed by atoms with Gasteiger partial charge in [0.05, 0.1) is 41.3 Å². The smallest absolute Gasteiger partial charge is 0.330 e. The molecule has 6 aromatic carbocycles. The molecule has 15 rings (SSSR count). The molecule has 7 amide bonds. The molecule has 8 aliphatic rings. The van der Waals surface area contributed by atoms with E-state index in [1.165, 1.54) is 33.0 Å². The van der Waals surface area contributed by atoms with Gasteiger partial charge in [0.1, 0.15) is 126 Å². The van der Waals surface area contributed by atoms with E-state index in [1.54, 1.807) is 62.5 Å². The fourth-order valence-corrected chi connectivity index (χ4v) is 16.1. The quantitative estimate of drug-likeness (QED) is 0.0485. The van der Waals surface area contributed by atoms with Gasteiger partial charge < -0.3 is 158 Å². The standard InChI is InChI=1S/C84H95Cl2N11O29.CH4/c1-33(2)19-46(89-5)75(110)96-63-65(103)37-13-16-50(44(85)22-37)120-52-24-39-25-53(72(52)125-83-70(108)68(106)73(55(32-98)123-83)126-82-69(107)67(105)66(104)54(122-82)31-90-30-35-9-8-10-41(20-35)119-57-11-6-7-18-91-57)121-51-17-14-38(23-45(51)86)71(124-58-29-84(4,88)74(109)34(3)118-58)64-80(115)95-62(81(116)117)43-26-40(99)27-49(101)59(43)42-21-36(12-15-48(42)100)60(77(112)97-64)94-78(113)61(39)93-76(111)47(28-56(87)102)92-79(63)114;/h6-18,20-27,33-34,46-47,54-55,58,60-71,73-74,82-83,89-90,98-101,103-109H,19,28-32,88H2,1-5H3,(H2,87,102)(H,92,114)(H,93,111)(H,94,113)(H,95,115)(H,96,110)(H,97,112)(H,116,117);1H4/t34-,46+,47-,54+,55+,58?,60+,61+,62+,63?,64-,65+,66-,67-,68+,69+,70+,71+,73+,74-,82-,83-,84-;/m0./s1. The maximum atomic E-state index is 16.4. The molecule has 0 spiro atoms. The number of halogens is 2. The number of aliphatic carboxylic acids is 1. The number of carboxylic acids is 1. The monoisotopic (exact) mass is 1810 g/mol. The van der Waals surface area contributed by atoms with Crippen LogP contribution in [0.2, 0.25) is 10.0 Å². The Morgan fingerprint density at radius 3 is 1.97 bits per heavy atom. The highest BCUT2D eigenvalue weighted by atomic mass is 35.5. The van der Waals surface area contributed by atoms with Gasteiger partial charge in [-0.05, 0) is 134 Å². The molecular weight excluding hydrogens is 1710 g/mol. The van der Waals surface area contributed by atoms with Gasteiger partial charge in [0.25, 0.3) is 0 Å². The summed E-state index contributed by atoms with van der Waals surface area (Å²) < 4.78 is 57.1. The summed E-state index contributed by atoms with van der Waals surface area (Å²) >= 11 is 14.5. The van der Waals surface area contributed by atoms with Crippen LogP contribution in [0.4, 0.5) is 0 Å². The third kappa shape index (κ3) is 21.1. The molecule has 23 atom stereocenters. The number of phenols is 3. The number of aliphatic hydroxyl groups excluding tert-OH is 8. The number of aromatic nitrogens is 1. The van der Waals surface area contributed by atoms with Crippen molar-refractivity contribution >= 4 is 70.5 Å². The second-order valence-corrected chi connectivity index (χ2v) is 32.7. The summed E-state index contributed by atoms with van der Waals surface area (Å²) in [4.78, 5) is 124. The number of rotatable bonds is 21. The zero-order valence-electron chi connectivity index (χ0n) is 67.8. The van der Waals surface area contributed by atoms with Crippen LogP contribution in [0.5, 0.6) is 57.6 Å². The van der Waals surface area contributed by atoms with Crippen molar-refractivity contribution in [3.63, 3.8) is 0 Å². The molecule has 8 aliphatic heterocycles. The zero-order chi connectivity index (χ0) is 90.8. The summed E-state index contributed by atoms with van der Waals surface area (Å²) in [5.41, 5.74) is 8.67. The number of aromatic hydroxyl groups is 3. The molecule has 7 aromatic rings. The molecule has 11 bridgehead atoms. The van der Waals surface area contributed by atoms with E-state index < -0.39 is 284 Å². The molecule has 1 aromatic heterocycles. The molecule has 9 heterocycles. The summed E-state index contributed by atoms with van der Waals surface area (Å²) in [6.45, 7) is 5.34. The topological polar surface area (TPSA) is 624 Å². The minimum atomic E-state index is -2.43. The van der Waals surface area contributed by atoms with Gasteiger partial charge in [-0.3, -0.25) is 33.6 Å². The van der Waals surface area contributed by atoms with Crippen LogP contribution in [-0.2, 0) is 68.6 Å². The molecule has 0 aliphatic carbocycles. The largest absolute Gasteiger partial charge is 0.508 e. The highest BCUT2D eigenvalue weighted by molar-refractivity contribution is 6.32. The fraction of sp³-hybridized carbons (Fsp3) is 0.424. The average molecular weight is 1810 g/mol. The van der Waals surface area contributed by atoms with Crippen LogP contribution in [0.3, 0.4) is 0 Å². The number of primary amides is 1. The first kappa shape index (κ1) is 94.9. The number of likely N-dealkylation sites (N-methyl/N-ethyl adjacent to an activating group) is 1. The van der Waals surface area contributed by atoms with Crippen LogP contribution < -0.4 is 72.9 Å². The molecule has 0 saturated carbocycles. The second kappa shape index (κ2) is 40.0. The number of hydrogen-bond donors (Lipinski definition) is 22. The van der Waals surface area contributed by atoms with Crippen LogP contribution in [0.25, 0.3) is 11.1 Å². The van der Waals surface area contributed by atoms with Crippen molar-refractivity contribution in [3.05, 3.63) is 171 Å². The Morgan fingerprint density at radius 2 is 1.32 bits per heavy atom. The average Bonchev–Trinajstić information content (AvgIpc) is 0.771. The minimum Gasteiger partial charge on any atom is -0.508 e. The van der Waals surface area contributed by atoms with Crippen LogP contribution >= 0.6 is 23.2 Å². The van der Waals surface area contributed by atoms with E-state index in [0.717, 1.165) is 66.7 Å². The van der Waals surface area contributed by atoms with E-state index in [4.69, 9.17) is 77.3 Å². The lowest BCUT2D eigenvalue weighted by Crippen LogP contribution is -2.65. The van der Waals surface area contributed by atoms with Crippen molar-refractivity contribution in [1.29, 1.82) is 0 Å². The van der Waals surface area contributed by atoms with Crippen LogP contribution in [0.1, 0.15) is 118 Å². The Hall–Kier alpha value is -11.2. The number of pyridine rings is 1. The molecule has 42 heteroatoms. The third-order valence-electron chi connectivity index (χ3n) is 22.1. The van der Waals surface area contributed by atoms with Crippen molar-refractivity contribution in [1.82, 2.24) is 47.5 Å². The van der Waals surface area contributed by atoms with Crippen LogP contribution in [-0.4, -0.2) is 243 Å². The van der Waals surface area contributed by atoms with Crippen molar-refractivity contribution in [2.45, 2.75) is 201 Å². The van der Waals surface area contributed by atoms with Gasteiger partial charge in [-0.15, -0.1) is 0 Å². The fourth-order valence-electron chi connectivity index (χ4n) is 15.6. The Balaban J connectivity index is 0.0000146. The lowest BCUT2D eigenvalue weighted by Gasteiger charge is -2.46. The maximum Gasteiger partial charge on any atom is 0.330 e. The summed E-state index contributed by atoms with van der Waals surface area (Å²) in [5.74, 6) is -15.9. The van der Waals surface area contributed by atoms with Gasteiger partial charge in [-0.2, -0.15) is 0 Å². The molecular formula is C85H99Cl2N11O29. The third-order valence-corrected chi connectivity index (χ3v) is 22.7. The van der Waals surface area contributed by atoms with E-state index in [9.17, 15) is 75.7 Å². The first-order valence-electron chi connectivity index (χ1n) is 39.9. The molecule has 24 N–H and O–H groups in total. The van der Waals surface area contributed by atoms with Gasteiger partial charge in [-0.1, -0.05) is 80.9 Å². The van der Waals surface area contributed by atoms with Crippen molar-refractivity contribution in [3.8, 4) is 68.8 Å². The first-order valence-corrected chi connectivity index (χ1v) is 40.6. The zero-order valence-corrected chi connectivity index (χ0v) is 69.3. The Morgan fingerprint density at radius 1 is 0.669 bits per heavy atom. The number of carboxylic acid groups (broad SMARTS) is 1. The number of carbonyl (C=O) groups excluding carboxylic acids is 7. The van der Waals surface area contributed by atoms with Gasteiger partial charge in [0.15, 0.2) is 30.1 Å². The highest BCUT2D eigenvalue weighted by Crippen LogP contribution is 2.50. The normalized spacial score (nSPS) is 29.3. The van der Waals surface area contributed by atoms with Gasteiger partial charge in [0, 0.05) is 60.1 Å². The van der Waals surface area contributed by atoms with Gasteiger partial charge in [-0.25, -0.2) is 9.78 Å². The molecule has 682 valence electrons. The number of nitrogens with one attached hydrogen (secondary N) is 8. The number of nitrogens with two attached hydrogens (primary N) is 2. The number of hydrogen-bond acceptors (Lipinski definition) is 32. The van der Waals surface area contributed by atoms with E-state index >= 15 is 24.0 Å². The minimum absolute atomic E-state index is 0. The number of carbonyl (C=O) groups is 8. The number of benzene rings is 6. The predicted octanol–water partition coefficient (Wildman–Crippen LogP) is 1.55. The van der Waals surface area contributed by atoms with Crippen LogP contribution in [0.15, 0.2) is 128 Å². The molecule has 127 heavy (non-hydrogen) atoms. The number of amides is 7. The highest BCUT2D eigenvalue weighted by Gasteiger charge is 2.53. The van der Waals surface area contributed by atoms with E-state index in [2.05, 4.69) is 47.5 Å². The molecule has 40 nitrogen and oxygen atoms in total. The SMILES string of the molecule is C.CN[C@H](CC(C)C)C(=O)NC1C(=O)N[C@@H](CC(N)=O)C(=O)N[C@H]2C(=O)N[C@H]3C(=O)N[C@H](C(=O)N[C@@H](C(=O)O)c4cc(O)cc(O)c4-c4cc3ccc4O)[C@H](OC3C[C@](C)(N)[C@@H](O)[C@H](C)O3)c3ccc(c(Cl)c3)Oc3cc2cc(c3O[C@@H]2O[C@H](CO)[C@@H](O[C@@H]3O[C@H](CNCc4cccc(Oc5ccccn5)c4)[C@H](O)[C@H](O)[C@H]3O)[C@H](O)[C@H]2O)Oc2ccc(cc2Cl)[C@H]1O. The molecule has 2 unspecified atom stereocenters. The number of phenolic OH excluding ortho intramolecular Hbond substituents is 3. The summed E-state index contributed by atoms with van der Waals surface area (Å²) in [6, 6.07) is 11.0. The molecule has 0 radical (unpaired) electrons. The first-order chi connectivity index (χ1) is 59.9. The van der Waals surface area contributed by atoms with Gasteiger partial charge >= 0.3 is 5.97 Å². The number of nitrogens with zero attached hydrogens (tertiary/aromatic N) is 1. The Bertz CT molecular complexity index is 5240. The summed E-state index contributed by atoms with van der Waals surface area (Å²) in [5, 5.41) is 159. The number of ether oxygens (including phenoxy) is 9. The van der Waals surface area contributed by atoms with Crippen molar-refractivity contribution in [2.24, 2.45) is 17.4 Å². The maximum absolute atomic E-state index is 16.4. The van der Waals surface area contributed by atoms with E-state index in [1.807, 2.05) is 0 Å². The lowest BCUT2D eigenvalue weighted by atomic mass is 9.86. The Kier molecular flexibility index (Phi) is 29.9. The lowest BCUT2D eigenvalue weighted by molar-refractivity contribution is -0.350. The molecule has 3 fully saturated rings. The second-order valence-electron chi connectivity index (χ2n) is 31.9. The number of fused-ring (bicyclic) bond motifs is 15. The van der Waals surface area contributed by atoms with Crippen LogP contribution in [0, 0.1) is 5.92 Å².